The second kappa shape index (κ2) is 5.43. The normalized spacial score (nSPS) is 10.4. The van der Waals surface area contributed by atoms with Gasteiger partial charge in [-0.25, -0.2) is 9.18 Å². The van der Waals surface area contributed by atoms with Crippen molar-refractivity contribution in [2.45, 2.75) is 20.3 Å². The molecule has 0 fully saturated rings. The number of rotatable bonds is 4. The fourth-order valence-corrected chi connectivity index (χ4v) is 1.35. The maximum Gasteiger partial charge on any atom is 0.338 e. The number of hydrogen-bond donors (Lipinski definition) is 2. The highest BCUT2D eigenvalue weighted by atomic mass is 19.1. The van der Waals surface area contributed by atoms with Gasteiger partial charge in [0.1, 0.15) is 5.82 Å². The number of anilines is 1. The van der Waals surface area contributed by atoms with Crippen molar-refractivity contribution in [2.24, 2.45) is 5.92 Å². The van der Waals surface area contributed by atoms with Gasteiger partial charge in [0.2, 0.25) is 5.91 Å². The van der Waals surface area contributed by atoms with Gasteiger partial charge in [-0.1, -0.05) is 13.8 Å². The molecule has 0 aromatic heterocycles. The number of aromatic carboxylic acids is 1. The molecular weight excluding hydrogens is 225 g/mol. The monoisotopic (exact) mass is 239 g/mol. The van der Waals surface area contributed by atoms with Gasteiger partial charge in [0.05, 0.1) is 5.56 Å². The molecule has 1 aromatic rings. The van der Waals surface area contributed by atoms with Crippen LogP contribution in [0.2, 0.25) is 0 Å². The number of halogens is 1. The van der Waals surface area contributed by atoms with Gasteiger partial charge in [0.25, 0.3) is 0 Å². The fourth-order valence-electron chi connectivity index (χ4n) is 1.35. The highest BCUT2D eigenvalue weighted by molar-refractivity contribution is 5.92. The number of carboxylic acids is 1. The van der Waals surface area contributed by atoms with Crippen LogP contribution in [-0.2, 0) is 4.79 Å². The smallest absolute Gasteiger partial charge is 0.338 e. The fraction of sp³-hybridized carbons (Fsp3) is 0.333. The Labute approximate surface area is 98.5 Å². The molecule has 0 spiro atoms. The first-order valence-corrected chi connectivity index (χ1v) is 5.23. The zero-order valence-corrected chi connectivity index (χ0v) is 9.66. The van der Waals surface area contributed by atoms with E-state index < -0.39 is 17.3 Å². The molecule has 1 aromatic carbocycles. The lowest BCUT2D eigenvalue weighted by Gasteiger charge is -2.07. The maximum atomic E-state index is 13.3. The van der Waals surface area contributed by atoms with Gasteiger partial charge in [0.15, 0.2) is 0 Å². The lowest BCUT2D eigenvalue weighted by molar-refractivity contribution is -0.116. The summed E-state index contributed by atoms with van der Waals surface area (Å²) in [5.74, 6) is -2.21. The second-order valence-electron chi connectivity index (χ2n) is 4.15. The summed E-state index contributed by atoms with van der Waals surface area (Å²) in [6, 6.07) is 3.50. The van der Waals surface area contributed by atoms with Gasteiger partial charge in [-0.05, 0) is 24.1 Å². The Kier molecular flexibility index (Phi) is 4.20. The molecule has 0 aliphatic heterocycles. The summed E-state index contributed by atoms with van der Waals surface area (Å²) in [5.41, 5.74) is -0.148. The maximum absolute atomic E-state index is 13.3. The Morgan fingerprint density at radius 2 is 2.06 bits per heavy atom. The minimum absolute atomic E-state index is 0.207. The number of hydrogen-bond acceptors (Lipinski definition) is 2. The van der Waals surface area contributed by atoms with E-state index in [9.17, 15) is 14.0 Å². The molecule has 0 unspecified atom stereocenters. The molecule has 0 radical (unpaired) electrons. The van der Waals surface area contributed by atoms with E-state index >= 15 is 0 Å². The third-order valence-electron chi connectivity index (χ3n) is 2.08. The Balaban J connectivity index is 2.77. The van der Waals surface area contributed by atoms with E-state index in [1.165, 1.54) is 6.07 Å². The van der Waals surface area contributed by atoms with E-state index in [4.69, 9.17) is 5.11 Å². The molecule has 5 heteroatoms. The Hall–Kier alpha value is -1.91. The standard InChI is InChI=1S/C12H14FNO3/c1-7(2)5-11(15)14-8-3-4-9(12(16)17)10(13)6-8/h3-4,6-7H,5H2,1-2H3,(H,14,15)(H,16,17). The van der Waals surface area contributed by atoms with Gasteiger partial charge in [-0.15, -0.1) is 0 Å². The first-order valence-electron chi connectivity index (χ1n) is 5.23. The van der Waals surface area contributed by atoms with E-state index in [0.29, 0.717) is 6.42 Å². The summed E-state index contributed by atoms with van der Waals surface area (Å²) in [6.07, 6.45) is 0.336. The molecule has 0 aliphatic carbocycles. The molecular formula is C12H14FNO3. The van der Waals surface area contributed by atoms with Crippen LogP contribution in [-0.4, -0.2) is 17.0 Å². The van der Waals surface area contributed by atoms with E-state index in [1.807, 2.05) is 13.8 Å². The van der Waals surface area contributed by atoms with E-state index in [-0.39, 0.29) is 17.5 Å². The van der Waals surface area contributed by atoms with Gasteiger partial charge < -0.3 is 10.4 Å². The lowest BCUT2D eigenvalue weighted by Crippen LogP contribution is -2.14. The van der Waals surface area contributed by atoms with E-state index in [0.717, 1.165) is 12.1 Å². The molecule has 92 valence electrons. The highest BCUT2D eigenvalue weighted by Gasteiger charge is 2.11. The zero-order valence-electron chi connectivity index (χ0n) is 9.66. The van der Waals surface area contributed by atoms with Crippen molar-refractivity contribution in [1.29, 1.82) is 0 Å². The van der Waals surface area contributed by atoms with Gasteiger partial charge in [-0.2, -0.15) is 0 Å². The predicted octanol–water partition coefficient (Wildman–Crippen LogP) is 2.51. The molecule has 17 heavy (non-hydrogen) atoms. The van der Waals surface area contributed by atoms with Crippen LogP contribution in [0.3, 0.4) is 0 Å². The third-order valence-corrected chi connectivity index (χ3v) is 2.08. The summed E-state index contributed by atoms with van der Waals surface area (Å²) in [7, 11) is 0. The second-order valence-corrected chi connectivity index (χ2v) is 4.15. The molecule has 0 aliphatic rings. The number of nitrogens with one attached hydrogen (secondary N) is 1. The summed E-state index contributed by atoms with van der Waals surface area (Å²) in [5, 5.41) is 11.1. The van der Waals surface area contributed by atoms with Crippen molar-refractivity contribution >= 4 is 17.6 Å². The molecule has 4 nitrogen and oxygen atoms in total. The predicted molar refractivity (Wildman–Crippen MR) is 61.4 cm³/mol. The van der Waals surface area contributed by atoms with Crippen LogP contribution in [0.1, 0.15) is 30.6 Å². The van der Waals surface area contributed by atoms with Crippen molar-refractivity contribution in [3.05, 3.63) is 29.6 Å². The number of amides is 1. The molecule has 1 rings (SSSR count). The number of carbonyl (C=O) groups excluding carboxylic acids is 1. The number of benzene rings is 1. The van der Waals surface area contributed by atoms with E-state index in [2.05, 4.69) is 5.32 Å². The van der Waals surface area contributed by atoms with Crippen molar-refractivity contribution < 1.29 is 19.1 Å². The SMILES string of the molecule is CC(C)CC(=O)Nc1ccc(C(=O)O)c(F)c1. The van der Waals surface area contributed by atoms with Crippen LogP contribution in [0.4, 0.5) is 10.1 Å². The average molecular weight is 239 g/mol. The van der Waals surface area contributed by atoms with Crippen molar-refractivity contribution in [1.82, 2.24) is 0 Å². The van der Waals surface area contributed by atoms with Crippen LogP contribution in [0.5, 0.6) is 0 Å². The van der Waals surface area contributed by atoms with Crippen LogP contribution < -0.4 is 5.32 Å². The minimum atomic E-state index is -1.33. The molecule has 0 atom stereocenters. The summed E-state index contributed by atoms with van der Waals surface area (Å²) >= 11 is 0. The van der Waals surface area contributed by atoms with Gasteiger partial charge >= 0.3 is 5.97 Å². The van der Waals surface area contributed by atoms with Crippen LogP contribution in [0.15, 0.2) is 18.2 Å². The summed E-state index contributed by atoms with van der Waals surface area (Å²) in [6.45, 7) is 3.79. The van der Waals surface area contributed by atoms with Crippen LogP contribution in [0.25, 0.3) is 0 Å². The molecule has 1 amide bonds. The quantitative estimate of drug-likeness (QED) is 0.848. The zero-order chi connectivity index (χ0) is 13.0. The summed E-state index contributed by atoms with van der Waals surface area (Å²) in [4.78, 5) is 22.0. The van der Waals surface area contributed by atoms with Crippen molar-refractivity contribution in [3.63, 3.8) is 0 Å². The Morgan fingerprint density at radius 1 is 1.41 bits per heavy atom. The van der Waals surface area contributed by atoms with Crippen molar-refractivity contribution in [3.8, 4) is 0 Å². The molecule has 0 bridgehead atoms. The number of carbonyl (C=O) groups is 2. The van der Waals surface area contributed by atoms with Crippen molar-refractivity contribution in [2.75, 3.05) is 5.32 Å². The molecule has 2 N–H and O–H groups in total. The van der Waals surface area contributed by atoms with Gasteiger partial charge in [0, 0.05) is 12.1 Å². The Bertz CT molecular complexity index is 443. The minimum Gasteiger partial charge on any atom is -0.478 e. The lowest BCUT2D eigenvalue weighted by atomic mass is 10.1. The highest BCUT2D eigenvalue weighted by Crippen LogP contribution is 2.15. The Morgan fingerprint density at radius 3 is 2.53 bits per heavy atom. The molecule has 0 saturated heterocycles. The van der Waals surface area contributed by atoms with E-state index in [1.54, 1.807) is 0 Å². The average Bonchev–Trinajstić information content (AvgIpc) is 2.15. The third kappa shape index (κ3) is 3.86. The summed E-state index contributed by atoms with van der Waals surface area (Å²) < 4.78 is 13.3. The molecule has 0 heterocycles. The van der Waals surface area contributed by atoms with Gasteiger partial charge in [-0.3, -0.25) is 4.79 Å². The first-order chi connectivity index (χ1) is 7.90. The topological polar surface area (TPSA) is 66.4 Å². The molecule has 0 saturated carbocycles. The largest absolute Gasteiger partial charge is 0.478 e. The van der Waals surface area contributed by atoms with Crippen LogP contribution >= 0.6 is 0 Å². The first kappa shape index (κ1) is 13.2. The number of carboxylic acid groups (broad SMARTS) is 1. The van der Waals surface area contributed by atoms with Crippen LogP contribution in [0, 0.1) is 11.7 Å².